The molecule has 6 heteroatoms. The van der Waals surface area contributed by atoms with E-state index in [1.54, 1.807) is 24.3 Å². The Kier molecular flexibility index (Phi) is 4.63. The molecule has 1 aliphatic carbocycles. The summed E-state index contributed by atoms with van der Waals surface area (Å²) in [5.74, 6) is 0.309. The van der Waals surface area contributed by atoms with E-state index in [2.05, 4.69) is 15.6 Å². The predicted molar refractivity (Wildman–Crippen MR) is 76.4 cm³/mol. The summed E-state index contributed by atoms with van der Waals surface area (Å²) < 4.78 is 0. The van der Waals surface area contributed by atoms with E-state index in [4.69, 9.17) is 17.3 Å². The van der Waals surface area contributed by atoms with Crippen molar-refractivity contribution in [3.8, 4) is 0 Å². The number of guanidine groups is 1. The Labute approximate surface area is 117 Å². The van der Waals surface area contributed by atoms with Gasteiger partial charge >= 0.3 is 0 Å². The third-order valence-electron chi connectivity index (χ3n) is 2.72. The zero-order chi connectivity index (χ0) is 13.7. The number of carbonyl (C=O) groups is 1. The van der Waals surface area contributed by atoms with Gasteiger partial charge in [0, 0.05) is 23.2 Å². The molecule has 1 aliphatic rings. The van der Waals surface area contributed by atoms with Crippen LogP contribution in [0.25, 0.3) is 0 Å². The molecule has 0 spiro atoms. The fourth-order valence-corrected chi connectivity index (χ4v) is 1.66. The van der Waals surface area contributed by atoms with E-state index in [1.807, 2.05) is 0 Å². The van der Waals surface area contributed by atoms with Gasteiger partial charge < -0.3 is 16.4 Å². The van der Waals surface area contributed by atoms with Gasteiger partial charge in [-0.3, -0.25) is 9.79 Å². The van der Waals surface area contributed by atoms with Crippen LogP contribution in [0.1, 0.15) is 23.2 Å². The van der Waals surface area contributed by atoms with Gasteiger partial charge in [-0.05, 0) is 37.1 Å². The Morgan fingerprint density at radius 2 is 2.05 bits per heavy atom. The highest BCUT2D eigenvalue weighted by Crippen LogP contribution is 2.17. The van der Waals surface area contributed by atoms with Crippen LogP contribution in [0, 0.1) is 0 Å². The molecule has 1 fully saturated rings. The molecule has 102 valence electrons. The van der Waals surface area contributed by atoms with Crippen molar-refractivity contribution < 1.29 is 4.79 Å². The van der Waals surface area contributed by atoms with Crippen LogP contribution in [0.2, 0.25) is 5.02 Å². The zero-order valence-electron chi connectivity index (χ0n) is 10.5. The molecule has 0 saturated heterocycles. The molecule has 1 amide bonds. The van der Waals surface area contributed by atoms with Crippen molar-refractivity contribution in [2.45, 2.75) is 18.9 Å². The fourth-order valence-electron chi connectivity index (χ4n) is 1.53. The highest BCUT2D eigenvalue weighted by molar-refractivity contribution is 6.30. The fraction of sp³-hybridized carbons (Fsp3) is 0.385. The van der Waals surface area contributed by atoms with E-state index >= 15 is 0 Å². The second kappa shape index (κ2) is 6.43. The van der Waals surface area contributed by atoms with Crippen LogP contribution in [-0.4, -0.2) is 31.0 Å². The molecule has 1 aromatic rings. The van der Waals surface area contributed by atoms with Gasteiger partial charge in [0.05, 0.1) is 6.54 Å². The largest absolute Gasteiger partial charge is 0.370 e. The molecule has 5 nitrogen and oxygen atoms in total. The van der Waals surface area contributed by atoms with Gasteiger partial charge in [0.15, 0.2) is 5.96 Å². The number of aliphatic imine (C=N–C) groups is 1. The summed E-state index contributed by atoms with van der Waals surface area (Å²) in [5, 5.41) is 6.46. The predicted octanol–water partition coefficient (Wildman–Crippen LogP) is 1.14. The van der Waals surface area contributed by atoms with Gasteiger partial charge in [-0.25, -0.2) is 0 Å². The Morgan fingerprint density at radius 3 is 2.68 bits per heavy atom. The van der Waals surface area contributed by atoms with Crippen LogP contribution in [0.4, 0.5) is 0 Å². The Hall–Kier alpha value is -1.75. The van der Waals surface area contributed by atoms with Crippen molar-refractivity contribution >= 4 is 23.5 Å². The van der Waals surface area contributed by atoms with E-state index in [-0.39, 0.29) is 5.91 Å². The number of amides is 1. The minimum Gasteiger partial charge on any atom is -0.370 e. The number of rotatable bonds is 5. The second-order valence-corrected chi connectivity index (χ2v) is 4.88. The Balaban J connectivity index is 1.69. The van der Waals surface area contributed by atoms with Crippen LogP contribution in [0.3, 0.4) is 0 Å². The third-order valence-corrected chi connectivity index (χ3v) is 2.97. The number of hydrogen-bond acceptors (Lipinski definition) is 2. The summed E-state index contributed by atoms with van der Waals surface area (Å²) in [6.07, 6.45) is 2.31. The van der Waals surface area contributed by atoms with Crippen LogP contribution in [0.15, 0.2) is 29.3 Å². The summed E-state index contributed by atoms with van der Waals surface area (Å²) in [5.41, 5.74) is 6.25. The first kappa shape index (κ1) is 13.7. The SMILES string of the molecule is NC(=NCCNC(=O)c1ccc(Cl)cc1)NC1CC1. The van der Waals surface area contributed by atoms with Crippen molar-refractivity contribution in [3.05, 3.63) is 34.9 Å². The van der Waals surface area contributed by atoms with E-state index in [1.165, 1.54) is 0 Å². The van der Waals surface area contributed by atoms with Crippen molar-refractivity contribution in [1.29, 1.82) is 0 Å². The van der Waals surface area contributed by atoms with E-state index < -0.39 is 0 Å². The minimum absolute atomic E-state index is 0.138. The molecule has 0 atom stereocenters. The van der Waals surface area contributed by atoms with E-state index in [9.17, 15) is 4.79 Å². The highest BCUT2D eigenvalue weighted by atomic mass is 35.5. The topological polar surface area (TPSA) is 79.5 Å². The zero-order valence-corrected chi connectivity index (χ0v) is 11.3. The van der Waals surface area contributed by atoms with E-state index in [0.29, 0.717) is 35.7 Å². The molecule has 0 aromatic heterocycles. The minimum atomic E-state index is -0.138. The van der Waals surface area contributed by atoms with Crippen molar-refractivity contribution in [3.63, 3.8) is 0 Å². The highest BCUT2D eigenvalue weighted by Gasteiger charge is 2.21. The van der Waals surface area contributed by atoms with Crippen molar-refractivity contribution in [2.75, 3.05) is 13.1 Å². The van der Waals surface area contributed by atoms with Crippen molar-refractivity contribution in [2.24, 2.45) is 10.7 Å². The molecule has 0 unspecified atom stereocenters. The lowest BCUT2D eigenvalue weighted by atomic mass is 10.2. The first-order valence-corrected chi connectivity index (χ1v) is 6.63. The standard InChI is InChI=1S/C13H17ClN4O/c14-10-3-1-9(2-4-10)12(19)16-7-8-17-13(15)18-11-5-6-11/h1-4,11H,5-8H2,(H,16,19)(H3,15,17,18). The van der Waals surface area contributed by atoms with Crippen LogP contribution in [0.5, 0.6) is 0 Å². The molecule has 0 bridgehead atoms. The van der Waals surface area contributed by atoms with Crippen LogP contribution < -0.4 is 16.4 Å². The lowest BCUT2D eigenvalue weighted by Crippen LogP contribution is -2.34. The van der Waals surface area contributed by atoms with Gasteiger partial charge in [-0.1, -0.05) is 11.6 Å². The van der Waals surface area contributed by atoms with Gasteiger partial charge in [0.1, 0.15) is 0 Å². The quantitative estimate of drug-likeness (QED) is 0.430. The summed E-state index contributed by atoms with van der Waals surface area (Å²) in [7, 11) is 0. The average molecular weight is 281 g/mol. The summed E-state index contributed by atoms with van der Waals surface area (Å²) in [6.45, 7) is 0.916. The smallest absolute Gasteiger partial charge is 0.251 e. The molecule has 19 heavy (non-hydrogen) atoms. The molecular formula is C13H17ClN4O. The molecule has 0 heterocycles. The lowest BCUT2D eigenvalue weighted by molar-refractivity contribution is 0.0955. The van der Waals surface area contributed by atoms with Crippen LogP contribution >= 0.6 is 11.6 Å². The molecule has 1 aromatic carbocycles. The average Bonchev–Trinajstić information content (AvgIpc) is 3.19. The Bertz CT molecular complexity index is 468. The number of benzene rings is 1. The summed E-state index contributed by atoms with van der Waals surface area (Å²) in [4.78, 5) is 15.9. The molecule has 2 rings (SSSR count). The number of nitrogens with one attached hydrogen (secondary N) is 2. The van der Waals surface area contributed by atoms with Gasteiger partial charge in [-0.2, -0.15) is 0 Å². The van der Waals surface area contributed by atoms with Gasteiger partial charge in [0.25, 0.3) is 5.91 Å². The second-order valence-electron chi connectivity index (χ2n) is 4.45. The molecule has 4 N–H and O–H groups in total. The molecule has 1 saturated carbocycles. The van der Waals surface area contributed by atoms with E-state index in [0.717, 1.165) is 12.8 Å². The molecular weight excluding hydrogens is 264 g/mol. The number of carbonyl (C=O) groups excluding carboxylic acids is 1. The molecule has 0 aliphatic heterocycles. The maximum absolute atomic E-state index is 11.7. The maximum atomic E-state index is 11.7. The van der Waals surface area contributed by atoms with Gasteiger partial charge in [0.2, 0.25) is 0 Å². The molecule has 0 radical (unpaired) electrons. The number of nitrogens with two attached hydrogens (primary N) is 1. The lowest BCUT2D eigenvalue weighted by Gasteiger charge is -2.05. The maximum Gasteiger partial charge on any atom is 0.251 e. The summed E-state index contributed by atoms with van der Waals surface area (Å²) in [6, 6.07) is 7.24. The Morgan fingerprint density at radius 1 is 1.37 bits per heavy atom. The first-order valence-electron chi connectivity index (χ1n) is 6.25. The third kappa shape index (κ3) is 4.79. The number of hydrogen-bond donors (Lipinski definition) is 3. The number of nitrogens with zero attached hydrogens (tertiary/aromatic N) is 1. The monoisotopic (exact) mass is 280 g/mol. The normalized spacial score (nSPS) is 15.1. The number of halogens is 1. The van der Waals surface area contributed by atoms with Crippen molar-refractivity contribution in [1.82, 2.24) is 10.6 Å². The van der Waals surface area contributed by atoms with Gasteiger partial charge in [-0.15, -0.1) is 0 Å². The first-order chi connectivity index (χ1) is 9.15. The summed E-state index contributed by atoms with van der Waals surface area (Å²) >= 11 is 5.75. The van der Waals surface area contributed by atoms with Crippen LogP contribution in [-0.2, 0) is 0 Å².